The van der Waals surface area contributed by atoms with Gasteiger partial charge in [-0.2, -0.15) is 0 Å². The van der Waals surface area contributed by atoms with Crippen molar-refractivity contribution < 1.29 is 0 Å². The molecule has 0 fully saturated rings. The number of hydrogen-bond donors (Lipinski definition) is 0. The van der Waals surface area contributed by atoms with Crippen molar-refractivity contribution in [3.05, 3.63) is 47.8 Å². The molecule has 4 heteroatoms. The van der Waals surface area contributed by atoms with Gasteiger partial charge in [-0.05, 0) is 31.5 Å². The molecular formula is C11H14ClN3. The van der Waals surface area contributed by atoms with Crippen LogP contribution < -0.4 is 0 Å². The quantitative estimate of drug-likeness (QED) is 0.783. The smallest absolute Gasteiger partial charge is 0.105 e. The summed E-state index contributed by atoms with van der Waals surface area (Å²) < 4.78 is 2.12. The molecule has 2 heterocycles. The highest BCUT2D eigenvalue weighted by molar-refractivity contribution is 5.85. The molecule has 0 aliphatic heterocycles. The van der Waals surface area contributed by atoms with Crippen LogP contribution >= 0.6 is 12.4 Å². The molecular weight excluding hydrogens is 210 g/mol. The van der Waals surface area contributed by atoms with E-state index in [0.717, 1.165) is 18.1 Å². The third-order valence-electron chi connectivity index (χ3n) is 2.24. The van der Waals surface area contributed by atoms with E-state index in [1.807, 2.05) is 38.5 Å². The average Bonchev–Trinajstić information content (AvgIpc) is 2.52. The lowest BCUT2D eigenvalue weighted by Gasteiger charge is -2.05. The number of rotatable bonds is 2. The monoisotopic (exact) mass is 223 g/mol. The molecule has 0 saturated heterocycles. The van der Waals surface area contributed by atoms with Gasteiger partial charge in [0.1, 0.15) is 5.82 Å². The SMILES string of the molecule is Cc1cc(Cn2ccnc2C)ccn1.Cl. The Labute approximate surface area is 95.6 Å². The predicted octanol–water partition coefficient (Wildman–Crippen LogP) is 2.37. The third kappa shape index (κ3) is 2.80. The summed E-state index contributed by atoms with van der Waals surface area (Å²) in [5.41, 5.74) is 2.32. The number of aryl methyl sites for hydroxylation is 2. The van der Waals surface area contributed by atoms with Crippen molar-refractivity contribution >= 4 is 12.4 Å². The molecule has 0 aliphatic rings. The van der Waals surface area contributed by atoms with E-state index in [-0.39, 0.29) is 12.4 Å². The van der Waals surface area contributed by atoms with Crippen molar-refractivity contribution in [3.8, 4) is 0 Å². The topological polar surface area (TPSA) is 30.7 Å². The van der Waals surface area contributed by atoms with Gasteiger partial charge in [-0.1, -0.05) is 0 Å². The van der Waals surface area contributed by atoms with Gasteiger partial charge >= 0.3 is 0 Å². The van der Waals surface area contributed by atoms with E-state index in [4.69, 9.17) is 0 Å². The molecule has 0 atom stereocenters. The molecule has 2 rings (SSSR count). The zero-order valence-corrected chi connectivity index (χ0v) is 9.66. The fourth-order valence-electron chi connectivity index (χ4n) is 1.47. The van der Waals surface area contributed by atoms with Crippen molar-refractivity contribution in [2.75, 3.05) is 0 Å². The van der Waals surface area contributed by atoms with Crippen LogP contribution in [0.4, 0.5) is 0 Å². The fraction of sp³-hybridized carbons (Fsp3) is 0.273. The van der Waals surface area contributed by atoms with Gasteiger partial charge < -0.3 is 4.57 Å². The number of pyridine rings is 1. The molecule has 0 bridgehead atoms. The molecule has 0 unspecified atom stereocenters. The summed E-state index contributed by atoms with van der Waals surface area (Å²) in [6, 6.07) is 4.13. The first-order chi connectivity index (χ1) is 6.75. The maximum absolute atomic E-state index is 4.18. The van der Waals surface area contributed by atoms with Gasteiger partial charge in [0.05, 0.1) is 0 Å². The fourth-order valence-corrected chi connectivity index (χ4v) is 1.47. The van der Waals surface area contributed by atoms with Gasteiger partial charge in [-0.3, -0.25) is 4.98 Å². The van der Waals surface area contributed by atoms with Crippen molar-refractivity contribution in [3.63, 3.8) is 0 Å². The number of aromatic nitrogens is 3. The van der Waals surface area contributed by atoms with Gasteiger partial charge in [0, 0.05) is 30.8 Å². The van der Waals surface area contributed by atoms with E-state index in [1.54, 1.807) is 0 Å². The predicted molar refractivity (Wildman–Crippen MR) is 62.3 cm³/mol. The van der Waals surface area contributed by atoms with E-state index in [1.165, 1.54) is 5.56 Å². The normalized spacial score (nSPS) is 9.73. The minimum atomic E-state index is 0. The summed E-state index contributed by atoms with van der Waals surface area (Å²) in [5.74, 6) is 1.04. The summed E-state index contributed by atoms with van der Waals surface area (Å²) in [6.07, 6.45) is 5.66. The first kappa shape index (κ1) is 11.7. The Morgan fingerprint density at radius 2 is 2.00 bits per heavy atom. The Morgan fingerprint density at radius 3 is 2.60 bits per heavy atom. The molecule has 3 nitrogen and oxygen atoms in total. The van der Waals surface area contributed by atoms with Crippen LogP contribution in [-0.2, 0) is 6.54 Å². The van der Waals surface area contributed by atoms with Crippen LogP contribution in [0.3, 0.4) is 0 Å². The highest BCUT2D eigenvalue weighted by Crippen LogP contribution is 2.05. The highest BCUT2D eigenvalue weighted by atomic mass is 35.5. The molecule has 0 aliphatic carbocycles. The lowest BCUT2D eigenvalue weighted by molar-refractivity contribution is 0.759. The first-order valence-corrected chi connectivity index (χ1v) is 4.65. The maximum Gasteiger partial charge on any atom is 0.105 e. The second-order valence-electron chi connectivity index (χ2n) is 3.41. The van der Waals surface area contributed by atoms with Crippen molar-refractivity contribution in [2.24, 2.45) is 0 Å². The second-order valence-corrected chi connectivity index (χ2v) is 3.41. The molecule has 2 aromatic heterocycles. The van der Waals surface area contributed by atoms with Gasteiger partial charge in [-0.15, -0.1) is 12.4 Å². The van der Waals surface area contributed by atoms with Gasteiger partial charge in [0.15, 0.2) is 0 Å². The average molecular weight is 224 g/mol. The molecule has 0 N–H and O–H groups in total. The Morgan fingerprint density at radius 1 is 1.20 bits per heavy atom. The molecule has 0 aromatic carbocycles. The molecule has 0 spiro atoms. The Kier molecular flexibility index (Phi) is 3.86. The molecule has 15 heavy (non-hydrogen) atoms. The van der Waals surface area contributed by atoms with E-state index in [2.05, 4.69) is 20.6 Å². The number of imidazole rings is 1. The summed E-state index contributed by atoms with van der Waals surface area (Å²) in [6.45, 7) is 4.88. The molecule has 2 aromatic rings. The minimum absolute atomic E-state index is 0. The van der Waals surface area contributed by atoms with E-state index in [9.17, 15) is 0 Å². The standard InChI is InChI=1S/C11H13N3.ClH/c1-9-7-11(3-4-12-9)8-14-6-5-13-10(14)2;/h3-7H,8H2,1-2H3;1H. The van der Waals surface area contributed by atoms with Gasteiger partial charge in [0.25, 0.3) is 0 Å². The van der Waals surface area contributed by atoms with Gasteiger partial charge in [-0.25, -0.2) is 4.98 Å². The number of hydrogen-bond acceptors (Lipinski definition) is 2. The van der Waals surface area contributed by atoms with E-state index < -0.39 is 0 Å². The summed E-state index contributed by atoms with van der Waals surface area (Å²) in [5, 5.41) is 0. The van der Waals surface area contributed by atoms with E-state index in [0.29, 0.717) is 0 Å². The minimum Gasteiger partial charge on any atom is -0.331 e. The summed E-state index contributed by atoms with van der Waals surface area (Å²) in [7, 11) is 0. The number of halogens is 1. The Bertz CT molecular complexity index is 437. The Balaban J connectivity index is 0.00000112. The van der Waals surface area contributed by atoms with Crippen LogP contribution in [0.15, 0.2) is 30.7 Å². The molecule has 0 saturated carbocycles. The first-order valence-electron chi connectivity index (χ1n) is 4.65. The van der Waals surface area contributed by atoms with Crippen molar-refractivity contribution in [1.82, 2.24) is 14.5 Å². The Hall–Kier alpha value is -1.35. The lowest BCUT2D eigenvalue weighted by Crippen LogP contribution is -2.01. The van der Waals surface area contributed by atoms with Crippen LogP contribution in [0, 0.1) is 13.8 Å². The zero-order valence-electron chi connectivity index (χ0n) is 8.84. The van der Waals surface area contributed by atoms with Crippen LogP contribution in [0.2, 0.25) is 0 Å². The summed E-state index contributed by atoms with van der Waals surface area (Å²) >= 11 is 0. The maximum atomic E-state index is 4.18. The van der Waals surface area contributed by atoms with Crippen LogP contribution in [-0.4, -0.2) is 14.5 Å². The largest absolute Gasteiger partial charge is 0.331 e. The van der Waals surface area contributed by atoms with Crippen molar-refractivity contribution in [2.45, 2.75) is 20.4 Å². The second kappa shape index (κ2) is 4.94. The van der Waals surface area contributed by atoms with Crippen LogP contribution in [0.1, 0.15) is 17.1 Å². The van der Waals surface area contributed by atoms with Crippen LogP contribution in [0.5, 0.6) is 0 Å². The number of nitrogens with zero attached hydrogens (tertiary/aromatic N) is 3. The van der Waals surface area contributed by atoms with Gasteiger partial charge in [0.2, 0.25) is 0 Å². The highest BCUT2D eigenvalue weighted by Gasteiger charge is 1.98. The van der Waals surface area contributed by atoms with Crippen LogP contribution in [0.25, 0.3) is 0 Å². The van der Waals surface area contributed by atoms with Crippen molar-refractivity contribution in [1.29, 1.82) is 0 Å². The lowest BCUT2D eigenvalue weighted by atomic mass is 10.2. The molecule has 80 valence electrons. The van der Waals surface area contributed by atoms with E-state index >= 15 is 0 Å². The molecule has 0 amide bonds. The molecule has 0 radical (unpaired) electrons. The zero-order chi connectivity index (χ0) is 9.97. The third-order valence-corrected chi connectivity index (χ3v) is 2.24. The summed E-state index contributed by atoms with van der Waals surface area (Å²) in [4.78, 5) is 8.35.